The Morgan fingerprint density at radius 1 is 1.24 bits per heavy atom. The summed E-state index contributed by atoms with van der Waals surface area (Å²) in [5.74, 6) is -0.725. The van der Waals surface area contributed by atoms with E-state index in [1.807, 2.05) is 12.1 Å². The van der Waals surface area contributed by atoms with Gasteiger partial charge in [-0.1, -0.05) is 12.1 Å². The summed E-state index contributed by atoms with van der Waals surface area (Å²) in [4.78, 5) is 36.0. The van der Waals surface area contributed by atoms with Crippen molar-refractivity contribution in [3.05, 3.63) is 34.9 Å². The van der Waals surface area contributed by atoms with Gasteiger partial charge in [0, 0.05) is 18.7 Å². The zero-order valence-corrected chi connectivity index (χ0v) is 12.1. The van der Waals surface area contributed by atoms with E-state index in [9.17, 15) is 14.4 Å². The molecule has 0 saturated carbocycles. The molecule has 1 heterocycles. The van der Waals surface area contributed by atoms with E-state index in [-0.39, 0.29) is 18.8 Å². The summed E-state index contributed by atoms with van der Waals surface area (Å²) in [6.07, 6.45) is 2.15. The second kappa shape index (κ2) is 7.02. The smallest absolute Gasteiger partial charge is 0.313 e. The number of hydrogen-bond donors (Lipinski definition) is 0. The van der Waals surface area contributed by atoms with Crippen molar-refractivity contribution in [3.63, 3.8) is 0 Å². The Labute approximate surface area is 123 Å². The summed E-state index contributed by atoms with van der Waals surface area (Å²) < 4.78 is 4.79. The molecule has 1 amide bonds. The van der Waals surface area contributed by atoms with Crippen molar-refractivity contribution in [1.29, 1.82) is 0 Å². The van der Waals surface area contributed by atoms with E-state index in [2.05, 4.69) is 0 Å². The van der Waals surface area contributed by atoms with Gasteiger partial charge < -0.3 is 9.64 Å². The van der Waals surface area contributed by atoms with Gasteiger partial charge in [-0.05, 0) is 37.0 Å². The molecule has 2 rings (SSSR count). The van der Waals surface area contributed by atoms with E-state index in [4.69, 9.17) is 4.74 Å². The molecule has 0 N–H and O–H groups in total. The minimum atomic E-state index is -0.496. The molecule has 0 spiro atoms. The zero-order valence-electron chi connectivity index (χ0n) is 12.1. The van der Waals surface area contributed by atoms with Crippen LogP contribution in [0.3, 0.4) is 0 Å². The standard InChI is InChI=1S/C16H19NO4/c1-2-21-16(20)10-15(19)14-4-3-12-5-7-17(11-18)8-6-13(12)9-14/h3-4,9,11H,2,5-8,10H2,1H3. The van der Waals surface area contributed by atoms with Gasteiger partial charge >= 0.3 is 5.97 Å². The van der Waals surface area contributed by atoms with Crippen LogP contribution in [-0.2, 0) is 27.2 Å². The number of ether oxygens (including phenoxy) is 1. The van der Waals surface area contributed by atoms with Crippen LogP contribution in [-0.4, -0.2) is 42.8 Å². The summed E-state index contributed by atoms with van der Waals surface area (Å²) in [5, 5.41) is 0. The van der Waals surface area contributed by atoms with E-state index >= 15 is 0 Å². The third-order valence-corrected chi connectivity index (χ3v) is 3.62. The van der Waals surface area contributed by atoms with Gasteiger partial charge in [0.05, 0.1) is 6.61 Å². The lowest BCUT2D eigenvalue weighted by molar-refractivity contribution is -0.142. The Morgan fingerprint density at radius 3 is 2.62 bits per heavy atom. The summed E-state index contributed by atoms with van der Waals surface area (Å²) in [7, 11) is 0. The topological polar surface area (TPSA) is 63.7 Å². The third-order valence-electron chi connectivity index (χ3n) is 3.62. The van der Waals surface area contributed by atoms with Crippen LogP contribution in [0.25, 0.3) is 0 Å². The van der Waals surface area contributed by atoms with Crippen LogP contribution in [0.1, 0.15) is 34.8 Å². The Hall–Kier alpha value is -2.17. The number of ketones is 1. The molecule has 1 aliphatic rings. The maximum atomic E-state index is 12.1. The Balaban J connectivity index is 2.10. The number of fused-ring (bicyclic) bond motifs is 1. The highest BCUT2D eigenvalue weighted by atomic mass is 16.5. The normalized spacial score (nSPS) is 14.0. The number of carbonyl (C=O) groups is 3. The first kappa shape index (κ1) is 15.2. The minimum Gasteiger partial charge on any atom is -0.466 e. The summed E-state index contributed by atoms with van der Waals surface area (Å²) in [5.41, 5.74) is 2.77. The van der Waals surface area contributed by atoms with Crippen molar-refractivity contribution < 1.29 is 19.1 Å². The monoisotopic (exact) mass is 289 g/mol. The molecule has 1 aromatic rings. The third kappa shape index (κ3) is 3.90. The van der Waals surface area contributed by atoms with Crippen molar-refractivity contribution in [1.82, 2.24) is 4.90 Å². The number of amides is 1. The largest absolute Gasteiger partial charge is 0.466 e. The van der Waals surface area contributed by atoms with Gasteiger partial charge in [-0.3, -0.25) is 14.4 Å². The molecule has 5 nitrogen and oxygen atoms in total. The first-order valence-corrected chi connectivity index (χ1v) is 7.14. The molecule has 21 heavy (non-hydrogen) atoms. The molecule has 0 aliphatic carbocycles. The molecule has 112 valence electrons. The molecule has 0 fully saturated rings. The van der Waals surface area contributed by atoms with Gasteiger partial charge in [0.2, 0.25) is 6.41 Å². The molecule has 5 heteroatoms. The second-order valence-electron chi connectivity index (χ2n) is 5.03. The average Bonchev–Trinajstić information content (AvgIpc) is 2.68. The Morgan fingerprint density at radius 2 is 1.95 bits per heavy atom. The van der Waals surface area contributed by atoms with Crippen LogP contribution < -0.4 is 0 Å². The van der Waals surface area contributed by atoms with Crippen molar-refractivity contribution >= 4 is 18.2 Å². The molecular formula is C16H19NO4. The molecule has 1 aromatic carbocycles. The van der Waals surface area contributed by atoms with Crippen molar-refractivity contribution in [2.75, 3.05) is 19.7 Å². The number of Topliss-reactive ketones (excluding diaryl/α,β-unsaturated/α-hetero) is 1. The van der Waals surface area contributed by atoms with Crippen LogP contribution >= 0.6 is 0 Å². The fourth-order valence-electron chi connectivity index (χ4n) is 2.47. The second-order valence-corrected chi connectivity index (χ2v) is 5.03. The number of rotatable bonds is 5. The first-order chi connectivity index (χ1) is 10.1. The molecule has 0 bridgehead atoms. The minimum absolute atomic E-state index is 0.229. The van der Waals surface area contributed by atoms with Crippen LogP contribution in [0.4, 0.5) is 0 Å². The number of benzene rings is 1. The SMILES string of the molecule is CCOC(=O)CC(=O)c1ccc2c(c1)CCN(C=O)CC2. The van der Waals surface area contributed by atoms with Gasteiger partial charge in [-0.25, -0.2) is 0 Å². The van der Waals surface area contributed by atoms with Gasteiger partial charge in [0.15, 0.2) is 5.78 Å². The molecule has 0 radical (unpaired) electrons. The lowest BCUT2D eigenvalue weighted by Crippen LogP contribution is -2.24. The molecule has 0 saturated heterocycles. The summed E-state index contributed by atoms with van der Waals surface area (Å²) in [6.45, 7) is 3.35. The first-order valence-electron chi connectivity index (χ1n) is 7.14. The Bertz CT molecular complexity index is 553. The van der Waals surface area contributed by atoms with E-state index in [1.165, 1.54) is 0 Å². The summed E-state index contributed by atoms with van der Waals surface area (Å²) in [6, 6.07) is 5.50. The highest BCUT2D eigenvalue weighted by molar-refractivity contribution is 6.06. The maximum absolute atomic E-state index is 12.1. The van der Waals surface area contributed by atoms with Crippen molar-refractivity contribution in [3.8, 4) is 0 Å². The molecule has 0 unspecified atom stereocenters. The summed E-state index contributed by atoms with van der Waals surface area (Å²) >= 11 is 0. The quantitative estimate of drug-likeness (QED) is 0.355. The van der Waals surface area contributed by atoms with Crippen LogP contribution in [0, 0.1) is 0 Å². The number of hydrogen-bond acceptors (Lipinski definition) is 4. The van der Waals surface area contributed by atoms with Crippen molar-refractivity contribution in [2.24, 2.45) is 0 Å². The number of esters is 1. The van der Waals surface area contributed by atoms with Crippen molar-refractivity contribution in [2.45, 2.75) is 26.2 Å². The van der Waals surface area contributed by atoms with Gasteiger partial charge in [0.25, 0.3) is 0 Å². The lowest BCUT2D eigenvalue weighted by Gasteiger charge is -2.12. The fourth-order valence-corrected chi connectivity index (χ4v) is 2.47. The highest BCUT2D eigenvalue weighted by Gasteiger charge is 2.17. The molecular weight excluding hydrogens is 270 g/mol. The van der Waals surface area contributed by atoms with Crippen LogP contribution in [0.5, 0.6) is 0 Å². The predicted octanol–water partition coefficient (Wildman–Crippen LogP) is 1.38. The van der Waals surface area contributed by atoms with E-state index in [0.29, 0.717) is 18.7 Å². The zero-order chi connectivity index (χ0) is 15.2. The van der Waals surface area contributed by atoms with Gasteiger partial charge in [0.1, 0.15) is 6.42 Å². The molecule has 0 aromatic heterocycles. The average molecular weight is 289 g/mol. The predicted molar refractivity (Wildman–Crippen MR) is 77.1 cm³/mol. The maximum Gasteiger partial charge on any atom is 0.313 e. The van der Waals surface area contributed by atoms with Crippen LogP contribution in [0.15, 0.2) is 18.2 Å². The van der Waals surface area contributed by atoms with Gasteiger partial charge in [-0.2, -0.15) is 0 Å². The number of carbonyl (C=O) groups excluding carboxylic acids is 3. The Kier molecular flexibility index (Phi) is 5.09. The van der Waals surface area contributed by atoms with E-state index < -0.39 is 5.97 Å². The number of nitrogens with zero attached hydrogens (tertiary/aromatic N) is 1. The molecule has 0 atom stereocenters. The molecule has 1 aliphatic heterocycles. The highest BCUT2D eigenvalue weighted by Crippen LogP contribution is 2.18. The van der Waals surface area contributed by atoms with E-state index in [0.717, 1.165) is 30.4 Å². The fraction of sp³-hybridized carbons (Fsp3) is 0.438. The van der Waals surface area contributed by atoms with E-state index in [1.54, 1.807) is 17.9 Å². The van der Waals surface area contributed by atoms with Crippen LogP contribution in [0.2, 0.25) is 0 Å². The lowest BCUT2D eigenvalue weighted by atomic mass is 9.97. The van der Waals surface area contributed by atoms with Gasteiger partial charge in [-0.15, -0.1) is 0 Å².